The van der Waals surface area contributed by atoms with E-state index in [9.17, 15) is 4.79 Å². The Morgan fingerprint density at radius 2 is 2.33 bits per heavy atom. The molecular weight excluding hydrogens is 268 g/mol. The van der Waals surface area contributed by atoms with Crippen molar-refractivity contribution >= 4 is 5.97 Å². The largest absolute Gasteiger partial charge is 0.466 e. The Kier molecular flexibility index (Phi) is 5.11. The Balaban J connectivity index is 2.14. The summed E-state index contributed by atoms with van der Waals surface area (Å²) in [6.07, 6.45) is 8.65. The molecule has 0 aromatic carbocycles. The standard InChI is InChI=1S/C16H20N2O3/c1-12-15(6-7-16(19)20-3)11-18(13(2)21-12)10-14-5-4-8-17-9-14/h4-9,11-13H,10H2,1-3H3/b7-6+/t12-,13+/m0/s1. The number of esters is 1. The maximum absolute atomic E-state index is 11.2. The molecule has 2 atom stereocenters. The average molecular weight is 288 g/mol. The number of pyridine rings is 1. The van der Waals surface area contributed by atoms with Crippen LogP contribution < -0.4 is 0 Å². The molecule has 1 aliphatic heterocycles. The number of hydrogen-bond donors (Lipinski definition) is 0. The molecule has 5 nitrogen and oxygen atoms in total. The van der Waals surface area contributed by atoms with Crippen LogP contribution in [0.25, 0.3) is 0 Å². The van der Waals surface area contributed by atoms with Crippen molar-refractivity contribution in [3.8, 4) is 0 Å². The summed E-state index contributed by atoms with van der Waals surface area (Å²) in [5, 5.41) is 0. The number of aromatic nitrogens is 1. The van der Waals surface area contributed by atoms with Gasteiger partial charge >= 0.3 is 5.97 Å². The summed E-state index contributed by atoms with van der Waals surface area (Å²) in [7, 11) is 1.36. The highest BCUT2D eigenvalue weighted by molar-refractivity contribution is 5.82. The Morgan fingerprint density at radius 1 is 1.52 bits per heavy atom. The summed E-state index contributed by atoms with van der Waals surface area (Å²) in [6, 6.07) is 3.94. The van der Waals surface area contributed by atoms with Gasteiger partial charge in [0.1, 0.15) is 6.23 Å². The first kappa shape index (κ1) is 15.3. The van der Waals surface area contributed by atoms with Gasteiger partial charge in [0, 0.05) is 31.2 Å². The van der Waals surface area contributed by atoms with Crippen LogP contribution in [0, 0.1) is 0 Å². The number of hydrogen-bond acceptors (Lipinski definition) is 5. The summed E-state index contributed by atoms with van der Waals surface area (Å²) in [4.78, 5) is 17.4. The van der Waals surface area contributed by atoms with E-state index in [0.29, 0.717) is 6.54 Å². The predicted octanol–water partition coefficient (Wildman–Crippen LogP) is 2.26. The Labute approximate surface area is 124 Å². The van der Waals surface area contributed by atoms with Crippen molar-refractivity contribution in [2.75, 3.05) is 7.11 Å². The third-order valence-corrected chi connectivity index (χ3v) is 3.35. The van der Waals surface area contributed by atoms with Crippen molar-refractivity contribution in [3.63, 3.8) is 0 Å². The monoisotopic (exact) mass is 288 g/mol. The van der Waals surface area contributed by atoms with Gasteiger partial charge in [-0.15, -0.1) is 0 Å². The molecule has 2 heterocycles. The SMILES string of the molecule is COC(=O)/C=C/C1=CN(Cc2cccnc2)[C@@H](C)O[C@H]1C. The molecule has 0 radical (unpaired) electrons. The van der Waals surface area contributed by atoms with Gasteiger partial charge in [0.2, 0.25) is 0 Å². The summed E-state index contributed by atoms with van der Waals surface area (Å²) in [5.41, 5.74) is 2.04. The fraction of sp³-hybridized carbons (Fsp3) is 0.375. The van der Waals surface area contributed by atoms with Crippen LogP contribution in [0.3, 0.4) is 0 Å². The zero-order chi connectivity index (χ0) is 15.2. The van der Waals surface area contributed by atoms with E-state index in [1.807, 2.05) is 38.4 Å². The van der Waals surface area contributed by atoms with Crippen molar-refractivity contribution < 1.29 is 14.3 Å². The van der Waals surface area contributed by atoms with Gasteiger partial charge in [0.15, 0.2) is 0 Å². The molecule has 1 aromatic rings. The average Bonchev–Trinajstić information content (AvgIpc) is 2.49. The zero-order valence-corrected chi connectivity index (χ0v) is 12.5. The highest BCUT2D eigenvalue weighted by Gasteiger charge is 2.22. The number of nitrogens with zero attached hydrogens (tertiary/aromatic N) is 2. The van der Waals surface area contributed by atoms with Crippen LogP contribution in [0.2, 0.25) is 0 Å². The van der Waals surface area contributed by atoms with Gasteiger partial charge in [-0.05, 0) is 37.1 Å². The third-order valence-electron chi connectivity index (χ3n) is 3.35. The van der Waals surface area contributed by atoms with E-state index in [4.69, 9.17) is 4.74 Å². The van der Waals surface area contributed by atoms with Crippen LogP contribution in [0.5, 0.6) is 0 Å². The highest BCUT2D eigenvalue weighted by Crippen LogP contribution is 2.22. The molecule has 112 valence electrons. The first-order chi connectivity index (χ1) is 10.1. The van der Waals surface area contributed by atoms with Gasteiger partial charge in [0.05, 0.1) is 13.2 Å². The molecule has 2 rings (SSSR count). The smallest absolute Gasteiger partial charge is 0.330 e. The molecule has 1 aromatic heterocycles. The minimum absolute atomic E-state index is 0.0320. The lowest BCUT2D eigenvalue weighted by Crippen LogP contribution is -2.38. The van der Waals surface area contributed by atoms with Crippen LogP contribution in [0.4, 0.5) is 0 Å². The number of carbonyl (C=O) groups excluding carboxylic acids is 1. The number of methoxy groups -OCH3 is 1. The molecule has 0 saturated carbocycles. The molecule has 0 amide bonds. The fourth-order valence-corrected chi connectivity index (χ4v) is 2.14. The van der Waals surface area contributed by atoms with Gasteiger partial charge in [-0.25, -0.2) is 4.79 Å². The lowest BCUT2D eigenvalue weighted by atomic mass is 10.1. The van der Waals surface area contributed by atoms with Gasteiger partial charge in [0.25, 0.3) is 0 Å². The highest BCUT2D eigenvalue weighted by atomic mass is 16.5. The lowest BCUT2D eigenvalue weighted by molar-refractivity contribution is -0.134. The molecule has 0 N–H and O–H groups in total. The quantitative estimate of drug-likeness (QED) is 0.628. The van der Waals surface area contributed by atoms with Crippen molar-refractivity contribution in [3.05, 3.63) is 54.0 Å². The van der Waals surface area contributed by atoms with Gasteiger partial charge < -0.3 is 14.4 Å². The first-order valence-corrected chi connectivity index (χ1v) is 6.88. The zero-order valence-electron chi connectivity index (χ0n) is 12.5. The number of carbonyl (C=O) groups is 1. The topological polar surface area (TPSA) is 51.7 Å². The van der Waals surface area contributed by atoms with Crippen molar-refractivity contribution in [2.24, 2.45) is 0 Å². The maximum atomic E-state index is 11.2. The molecule has 0 unspecified atom stereocenters. The second-order valence-electron chi connectivity index (χ2n) is 4.90. The molecule has 5 heteroatoms. The van der Waals surface area contributed by atoms with E-state index in [1.165, 1.54) is 13.2 Å². The third kappa shape index (κ3) is 4.16. The molecule has 0 aliphatic carbocycles. The molecule has 1 aliphatic rings. The molecular formula is C16H20N2O3. The maximum Gasteiger partial charge on any atom is 0.330 e. The van der Waals surface area contributed by atoms with E-state index in [0.717, 1.165) is 11.1 Å². The first-order valence-electron chi connectivity index (χ1n) is 6.88. The van der Waals surface area contributed by atoms with E-state index < -0.39 is 0 Å². The lowest BCUT2D eigenvalue weighted by Gasteiger charge is -2.36. The summed E-state index contributed by atoms with van der Waals surface area (Å²) < 4.78 is 10.5. The molecule has 0 fully saturated rings. The predicted molar refractivity (Wildman–Crippen MR) is 79.0 cm³/mol. The minimum Gasteiger partial charge on any atom is -0.466 e. The van der Waals surface area contributed by atoms with Crippen molar-refractivity contribution in [1.29, 1.82) is 0 Å². The van der Waals surface area contributed by atoms with Crippen molar-refractivity contribution in [2.45, 2.75) is 32.7 Å². The summed E-state index contributed by atoms with van der Waals surface area (Å²) in [6.45, 7) is 4.67. The van der Waals surface area contributed by atoms with Crippen molar-refractivity contribution in [1.82, 2.24) is 9.88 Å². The Hall–Kier alpha value is -2.14. The fourth-order valence-electron chi connectivity index (χ4n) is 2.14. The van der Waals surface area contributed by atoms with Gasteiger partial charge in [-0.2, -0.15) is 0 Å². The summed E-state index contributed by atoms with van der Waals surface area (Å²) >= 11 is 0. The Bertz CT molecular complexity index is 540. The normalized spacial score (nSPS) is 22.2. The van der Waals surface area contributed by atoms with Crippen LogP contribution in [-0.4, -0.2) is 35.3 Å². The van der Waals surface area contributed by atoms with Crippen LogP contribution >= 0.6 is 0 Å². The molecule has 0 bridgehead atoms. The second-order valence-corrected chi connectivity index (χ2v) is 4.90. The minimum atomic E-state index is -0.375. The molecule has 0 spiro atoms. The van der Waals surface area contributed by atoms with E-state index >= 15 is 0 Å². The molecule has 21 heavy (non-hydrogen) atoms. The van der Waals surface area contributed by atoms with E-state index in [-0.39, 0.29) is 18.3 Å². The van der Waals surface area contributed by atoms with Gasteiger partial charge in [-0.1, -0.05) is 6.07 Å². The Morgan fingerprint density at radius 3 is 3.00 bits per heavy atom. The van der Waals surface area contributed by atoms with Crippen LogP contribution in [-0.2, 0) is 20.8 Å². The van der Waals surface area contributed by atoms with Gasteiger partial charge in [-0.3, -0.25) is 4.98 Å². The van der Waals surface area contributed by atoms with Crippen LogP contribution in [0.15, 0.2) is 48.5 Å². The summed E-state index contributed by atoms with van der Waals surface area (Å²) in [5.74, 6) is -0.375. The van der Waals surface area contributed by atoms with E-state index in [1.54, 1.807) is 12.3 Å². The van der Waals surface area contributed by atoms with E-state index in [2.05, 4.69) is 14.6 Å². The van der Waals surface area contributed by atoms with Crippen LogP contribution in [0.1, 0.15) is 19.4 Å². The number of rotatable bonds is 4. The second kappa shape index (κ2) is 7.04. The number of ether oxygens (including phenoxy) is 2. The molecule has 0 saturated heterocycles.